The highest BCUT2D eigenvalue weighted by Gasteiger charge is 2.50. The van der Waals surface area contributed by atoms with Gasteiger partial charge in [-0.05, 0) is 85.7 Å². The number of hydrogen-bond donors (Lipinski definition) is 3. The molecule has 3 heteroatoms. The summed E-state index contributed by atoms with van der Waals surface area (Å²) in [6.45, 7) is 13.0. The zero-order chi connectivity index (χ0) is 24.2. The maximum absolute atomic E-state index is 10.5. The fraction of sp³-hybridized carbons (Fsp3) is 0.667. The second-order valence-electron chi connectivity index (χ2n) is 11.1. The van der Waals surface area contributed by atoms with Crippen LogP contribution in [0.1, 0.15) is 85.5 Å². The van der Waals surface area contributed by atoms with E-state index in [1.807, 2.05) is 26.0 Å². The molecule has 3 rings (SSSR count). The maximum Gasteiger partial charge on any atom is 0.0825 e. The van der Waals surface area contributed by atoms with Crippen molar-refractivity contribution in [2.45, 2.75) is 103 Å². The van der Waals surface area contributed by atoms with Crippen LogP contribution in [0.25, 0.3) is 0 Å². The summed E-state index contributed by atoms with van der Waals surface area (Å²) in [4.78, 5) is 0. The molecule has 3 fully saturated rings. The smallest absolute Gasteiger partial charge is 0.0825 e. The minimum atomic E-state index is -0.689. The van der Waals surface area contributed by atoms with Gasteiger partial charge in [-0.1, -0.05) is 76.3 Å². The largest absolute Gasteiger partial charge is 0.393 e. The Labute approximate surface area is 201 Å². The Hall–Kier alpha value is -1.42. The Balaban J connectivity index is 1.72. The lowest BCUT2D eigenvalue weighted by Gasteiger charge is -2.44. The van der Waals surface area contributed by atoms with Crippen LogP contribution in [0.15, 0.2) is 59.8 Å². The first-order chi connectivity index (χ1) is 15.6. The van der Waals surface area contributed by atoms with E-state index in [-0.39, 0.29) is 0 Å². The summed E-state index contributed by atoms with van der Waals surface area (Å²) in [5.41, 5.74) is 2.92. The highest BCUT2D eigenvalue weighted by molar-refractivity contribution is 5.38. The second-order valence-corrected chi connectivity index (χ2v) is 11.1. The minimum absolute atomic E-state index is 0.312. The SMILES string of the molecule is C=C1C(=CC=C2CCC[C@]3(C)[C@@H]([C@H](C)/C=C/C=C/C(O)(CC)CC)CC[C@@H]23)C[C@@H](O)C[C@@H]1O. The van der Waals surface area contributed by atoms with Crippen molar-refractivity contribution in [3.8, 4) is 0 Å². The van der Waals surface area contributed by atoms with Crippen LogP contribution in [0.3, 0.4) is 0 Å². The molecule has 0 spiro atoms. The first kappa shape index (κ1) is 26.2. The zero-order valence-corrected chi connectivity index (χ0v) is 21.3. The third-order valence-electron chi connectivity index (χ3n) is 9.09. The van der Waals surface area contributed by atoms with E-state index in [9.17, 15) is 15.3 Å². The van der Waals surface area contributed by atoms with Gasteiger partial charge in [-0.3, -0.25) is 0 Å². The molecular weight excluding hydrogens is 408 g/mol. The standard InChI is InChI=1S/C30H46O3/c1-6-30(33,7-2)18-9-8-11-21(3)26-15-16-27-23(12-10-17-29(26,27)5)13-14-24-19-25(31)20-28(32)22(24)4/h8-9,11,13-14,18,21,25-28,31-33H,4,6-7,10,12,15-17,19-20H2,1-3,5H3/b11-8+,18-9+,23-13?,24-14?/t21-,25-,26-,27+,28+,29-/m1/s1. The zero-order valence-electron chi connectivity index (χ0n) is 21.3. The molecule has 0 aromatic heterocycles. The lowest BCUT2D eigenvalue weighted by Crippen LogP contribution is -2.35. The van der Waals surface area contributed by atoms with Gasteiger partial charge in [0.05, 0.1) is 17.8 Å². The van der Waals surface area contributed by atoms with Crippen LogP contribution < -0.4 is 0 Å². The van der Waals surface area contributed by atoms with E-state index in [1.54, 1.807) is 0 Å². The van der Waals surface area contributed by atoms with Gasteiger partial charge in [-0.2, -0.15) is 0 Å². The second kappa shape index (κ2) is 10.9. The summed E-state index contributed by atoms with van der Waals surface area (Å²) in [5, 5.41) is 30.7. The monoisotopic (exact) mass is 454 g/mol. The molecule has 0 saturated heterocycles. The Kier molecular flexibility index (Phi) is 8.64. The average Bonchev–Trinajstić information content (AvgIpc) is 3.15. The third-order valence-corrected chi connectivity index (χ3v) is 9.09. The Morgan fingerprint density at radius 3 is 2.58 bits per heavy atom. The van der Waals surface area contributed by atoms with Crippen LogP contribution in [0.2, 0.25) is 0 Å². The summed E-state index contributed by atoms with van der Waals surface area (Å²) in [6.07, 6.45) is 20.3. The van der Waals surface area contributed by atoms with Crippen molar-refractivity contribution in [3.63, 3.8) is 0 Å². The fourth-order valence-electron chi connectivity index (χ4n) is 6.70. The fourth-order valence-corrected chi connectivity index (χ4v) is 6.70. The molecule has 3 N–H and O–H groups in total. The highest BCUT2D eigenvalue weighted by Crippen LogP contribution is 2.59. The van der Waals surface area contributed by atoms with E-state index >= 15 is 0 Å². The van der Waals surface area contributed by atoms with Crippen LogP contribution in [-0.4, -0.2) is 33.1 Å². The van der Waals surface area contributed by atoms with Crippen LogP contribution in [0.4, 0.5) is 0 Å². The quantitative estimate of drug-likeness (QED) is 0.389. The van der Waals surface area contributed by atoms with Crippen molar-refractivity contribution in [2.75, 3.05) is 0 Å². The van der Waals surface area contributed by atoms with Crippen molar-refractivity contribution in [1.82, 2.24) is 0 Å². The summed E-state index contributed by atoms with van der Waals surface area (Å²) in [5.74, 6) is 1.77. The van der Waals surface area contributed by atoms with E-state index in [0.29, 0.717) is 36.0 Å². The lowest BCUT2D eigenvalue weighted by atomic mass is 9.61. The van der Waals surface area contributed by atoms with Crippen molar-refractivity contribution < 1.29 is 15.3 Å². The van der Waals surface area contributed by atoms with E-state index in [1.165, 1.54) is 31.3 Å². The predicted molar refractivity (Wildman–Crippen MR) is 138 cm³/mol. The van der Waals surface area contributed by atoms with Gasteiger partial charge in [-0.15, -0.1) is 0 Å². The van der Waals surface area contributed by atoms with Gasteiger partial charge in [0.25, 0.3) is 0 Å². The number of fused-ring (bicyclic) bond motifs is 1. The summed E-state index contributed by atoms with van der Waals surface area (Å²) < 4.78 is 0. The van der Waals surface area contributed by atoms with Crippen LogP contribution in [-0.2, 0) is 0 Å². The van der Waals surface area contributed by atoms with Crippen molar-refractivity contribution in [1.29, 1.82) is 0 Å². The summed E-state index contributed by atoms with van der Waals surface area (Å²) in [7, 11) is 0. The van der Waals surface area contributed by atoms with Gasteiger partial charge < -0.3 is 15.3 Å². The molecule has 3 nitrogen and oxygen atoms in total. The van der Waals surface area contributed by atoms with E-state index < -0.39 is 17.8 Å². The van der Waals surface area contributed by atoms with Crippen LogP contribution in [0.5, 0.6) is 0 Å². The molecule has 3 aliphatic carbocycles. The Morgan fingerprint density at radius 2 is 1.88 bits per heavy atom. The number of aliphatic hydroxyl groups excluding tert-OH is 2. The molecule has 0 heterocycles. The Morgan fingerprint density at radius 1 is 1.15 bits per heavy atom. The van der Waals surface area contributed by atoms with Gasteiger partial charge in [0.1, 0.15) is 0 Å². The van der Waals surface area contributed by atoms with Gasteiger partial charge >= 0.3 is 0 Å². The summed E-state index contributed by atoms with van der Waals surface area (Å²) >= 11 is 0. The normalized spacial score (nSPS) is 36.9. The van der Waals surface area contributed by atoms with Crippen molar-refractivity contribution in [3.05, 3.63) is 59.8 Å². The van der Waals surface area contributed by atoms with E-state index in [2.05, 4.69) is 44.7 Å². The molecule has 33 heavy (non-hydrogen) atoms. The number of hydrogen-bond acceptors (Lipinski definition) is 3. The molecule has 0 amide bonds. The first-order valence-corrected chi connectivity index (χ1v) is 13.2. The van der Waals surface area contributed by atoms with Gasteiger partial charge in [0, 0.05) is 6.42 Å². The molecule has 0 aromatic rings. The minimum Gasteiger partial charge on any atom is -0.393 e. The number of aliphatic hydroxyl groups is 3. The maximum atomic E-state index is 10.5. The molecule has 0 aromatic carbocycles. The van der Waals surface area contributed by atoms with E-state index in [4.69, 9.17) is 0 Å². The van der Waals surface area contributed by atoms with Gasteiger partial charge in [0.15, 0.2) is 0 Å². The average molecular weight is 455 g/mol. The number of rotatable bonds is 7. The summed E-state index contributed by atoms with van der Waals surface area (Å²) in [6, 6.07) is 0. The molecule has 6 atom stereocenters. The van der Waals surface area contributed by atoms with Crippen LogP contribution >= 0.6 is 0 Å². The molecule has 3 aliphatic rings. The molecular formula is C30H46O3. The lowest BCUT2D eigenvalue weighted by molar-refractivity contribution is 0.0827. The molecule has 184 valence electrons. The van der Waals surface area contributed by atoms with Crippen molar-refractivity contribution >= 4 is 0 Å². The molecule has 0 radical (unpaired) electrons. The van der Waals surface area contributed by atoms with Crippen molar-refractivity contribution in [2.24, 2.45) is 23.2 Å². The molecule has 3 saturated carbocycles. The third kappa shape index (κ3) is 5.81. The van der Waals surface area contributed by atoms with Gasteiger partial charge in [-0.25, -0.2) is 0 Å². The van der Waals surface area contributed by atoms with E-state index in [0.717, 1.165) is 30.4 Å². The highest BCUT2D eigenvalue weighted by atomic mass is 16.3. The predicted octanol–water partition coefficient (Wildman–Crippen LogP) is 6.43. The molecule has 0 unspecified atom stereocenters. The number of allylic oxidation sites excluding steroid dienone is 6. The molecule has 0 bridgehead atoms. The van der Waals surface area contributed by atoms with Gasteiger partial charge in [0.2, 0.25) is 0 Å². The first-order valence-electron chi connectivity index (χ1n) is 13.2. The van der Waals surface area contributed by atoms with Crippen LogP contribution in [0, 0.1) is 23.2 Å². The topological polar surface area (TPSA) is 60.7 Å². The molecule has 0 aliphatic heterocycles. The Bertz CT molecular complexity index is 812.